The molecule has 0 spiro atoms. The second-order valence-corrected chi connectivity index (χ2v) is 12.0. The first-order chi connectivity index (χ1) is 13.2. The third kappa shape index (κ3) is 1.84. The van der Waals surface area contributed by atoms with Crippen LogP contribution in [0.15, 0.2) is 0 Å². The number of carbonyl (C=O) groups is 1. The smallest absolute Gasteiger partial charge is 0.135 e. The molecule has 6 fully saturated rings. The molecule has 0 aromatic carbocycles. The minimum absolute atomic E-state index is 0.0413. The zero-order chi connectivity index (χ0) is 19.7. The fourth-order valence-electron chi connectivity index (χ4n) is 9.92. The van der Waals surface area contributed by atoms with Crippen LogP contribution in [0.4, 0.5) is 0 Å². The van der Waals surface area contributed by atoms with Crippen LogP contribution in [0.3, 0.4) is 0 Å². The quantitative estimate of drug-likeness (QED) is 0.695. The maximum absolute atomic E-state index is 12.3. The van der Waals surface area contributed by atoms with E-state index in [0.717, 1.165) is 38.5 Å². The summed E-state index contributed by atoms with van der Waals surface area (Å²) in [7, 11) is 0. The number of hydrogen-bond acceptors (Lipinski definition) is 4. The van der Waals surface area contributed by atoms with Crippen molar-refractivity contribution in [2.75, 3.05) is 6.61 Å². The van der Waals surface area contributed by atoms with Gasteiger partial charge in [0.25, 0.3) is 0 Å². The van der Waals surface area contributed by atoms with Crippen molar-refractivity contribution in [2.24, 2.45) is 52.3 Å². The van der Waals surface area contributed by atoms with Gasteiger partial charge in [-0.3, -0.25) is 4.79 Å². The van der Waals surface area contributed by atoms with Crippen molar-refractivity contribution in [3.05, 3.63) is 0 Å². The fourth-order valence-corrected chi connectivity index (χ4v) is 9.92. The zero-order valence-electron chi connectivity index (χ0n) is 17.4. The molecule has 0 aliphatic heterocycles. The van der Waals surface area contributed by atoms with E-state index in [2.05, 4.69) is 13.8 Å². The third-order valence-electron chi connectivity index (χ3n) is 11.4. The molecule has 4 nitrogen and oxygen atoms in total. The lowest BCUT2D eigenvalue weighted by Gasteiger charge is -2.64. The molecule has 0 aromatic rings. The average Bonchev–Trinajstić information content (AvgIpc) is 3.54. The van der Waals surface area contributed by atoms with Crippen molar-refractivity contribution in [3.8, 4) is 0 Å². The van der Waals surface area contributed by atoms with Crippen molar-refractivity contribution in [2.45, 2.75) is 82.8 Å². The van der Waals surface area contributed by atoms with Crippen LogP contribution in [0.1, 0.15) is 71.6 Å². The van der Waals surface area contributed by atoms with Gasteiger partial charge in [-0.1, -0.05) is 13.8 Å². The van der Waals surface area contributed by atoms with E-state index in [1.165, 1.54) is 0 Å². The SMILES string of the molecule is C[C@]12CCC3C(C1[C@@H]1C[C@@H]1[C@@]2(O)CCCO)[C@H]1CC1[C@]1(O)CC(=O)CC[C@]31C. The van der Waals surface area contributed by atoms with Crippen LogP contribution in [0.25, 0.3) is 0 Å². The number of carbonyl (C=O) groups excluding carboxylic acids is 1. The molecule has 156 valence electrons. The van der Waals surface area contributed by atoms with E-state index in [9.17, 15) is 20.1 Å². The number of Topliss-reactive ketones (excluding diaryl/α,β-unsaturated/α-hetero) is 1. The van der Waals surface area contributed by atoms with Crippen LogP contribution in [-0.2, 0) is 4.79 Å². The number of hydrogen-bond donors (Lipinski definition) is 3. The van der Waals surface area contributed by atoms with Gasteiger partial charge < -0.3 is 15.3 Å². The number of aliphatic hydroxyl groups is 3. The molecule has 4 heteroatoms. The molecule has 6 saturated carbocycles. The van der Waals surface area contributed by atoms with Gasteiger partial charge in [0, 0.05) is 24.9 Å². The van der Waals surface area contributed by atoms with Crippen molar-refractivity contribution >= 4 is 5.78 Å². The first kappa shape index (κ1) is 18.3. The Morgan fingerprint density at radius 2 is 1.75 bits per heavy atom. The molecule has 4 unspecified atom stereocenters. The van der Waals surface area contributed by atoms with Crippen LogP contribution in [-0.4, -0.2) is 38.9 Å². The molecule has 0 radical (unpaired) electrons. The lowest BCUT2D eigenvalue weighted by Crippen LogP contribution is -2.65. The molecule has 0 aromatic heterocycles. The van der Waals surface area contributed by atoms with Crippen molar-refractivity contribution < 1.29 is 20.1 Å². The van der Waals surface area contributed by atoms with Crippen LogP contribution >= 0.6 is 0 Å². The molecule has 6 rings (SSSR count). The Morgan fingerprint density at radius 1 is 1.00 bits per heavy atom. The maximum atomic E-state index is 12.3. The van der Waals surface area contributed by atoms with Gasteiger partial charge in [0.15, 0.2) is 0 Å². The van der Waals surface area contributed by atoms with Crippen molar-refractivity contribution in [1.82, 2.24) is 0 Å². The van der Waals surface area contributed by atoms with Gasteiger partial charge >= 0.3 is 0 Å². The molecule has 28 heavy (non-hydrogen) atoms. The molecule has 0 amide bonds. The molecule has 3 N–H and O–H groups in total. The highest BCUT2D eigenvalue weighted by molar-refractivity contribution is 5.81. The minimum atomic E-state index is -0.781. The average molecular weight is 389 g/mol. The van der Waals surface area contributed by atoms with Gasteiger partial charge in [0.05, 0.1) is 11.2 Å². The highest BCUT2D eigenvalue weighted by atomic mass is 16.3. The summed E-state index contributed by atoms with van der Waals surface area (Å²) >= 11 is 0. The van der Waals surface area contributed by atoms with Crippen LogP contribution < -0.4 is 0 Å². The van der Waals surface area contributed by atoms with E-state index in [1.54, 1.807) is 0 Å². The lowest BCUT2D eigenvalue weighted by atomic mass is 9.42. The number of rotatable bonds is 3. The summed E-state index contributed by atoms with van der Waals surface area (Å²) in [6.07, 6.45) is 7.64. The van der Waals surface area contributed by atoms with Gasteiger partial charge in [-0.15, -0.1) is 0 Å². The molecule has 0 saturated heterocycles. The van der Waals surface area contributed by atoms with E-state index < -0.39 is 11.2 Å². The van der Waals surface area contributed by atoms with Gasteiger partial charge in [-0.05, 0) is 91.8 Å². The summed E-state index contributed by atoms with van der Waals surface area (Å²) in [4.78, 5) is 12.3. The molecular formula is C24H36O4. The van der Waals surface area contributed by atoms with Crippen molar-refractivity contribution in [1.29, 1.82) is 0 Å². The van der Waals surface area contributed by atoms with Gasteiger partial charge in [-0.25, -0.2) is 0 Å². The Labute approximate surface area is 168 Å². The number of aliphatic hydroxyl groups excluding tert-OH is 1. The fraction of sp³-hybridized carbons (Fsp3) is 0.958. The summed E-state index contributed by atoms with van der Waals surface area (Å²) < 4.78 is 0. The van der Waals surface area contributed by atoms with Gasteiger partial charge in [0.2, 0.25) is 0 Å². The predicted molar refractivity (Wildman–Crippen MR) is 104 cm³/mol. The Bertz CT molecular complexity index is 736. The summed E-state index contributed by atoms with van der Waals surface area (Å²) in [6.45, 7) is 4.81. The Morgan fingerprint density at radius 3 is 2.50 bits per heavy atom. The second kappa shape index (κ2) is 5.23. The second-order valence-electron chi connectivity index (χ2n) is 12.0. The monoisotopic (exact) mass is 388 g/mol. The van der Waals surface area contributed by atoms with E-state index >= 15 is 0 Å². The summed E-state index contributed by atoms with van der Waals surface area (Å²) in [5.41, 5.74) is -1.57. The summed E-state index contributed by atoms with van der Waals surface area (Å²) in [5, 5.41) is 33.0. The molecule has 11 atom stereocenters. The molecular weight excluding hydrogens is 352 g/mol. The van der Waals surface area contributed by atoms with E-state index in [1.807, 2.05) is 0 Å². The molecule has 6 aliphatic rings. The summed E-state index contributed by atoms with van der Waals surface area (Å²) in [6, 6.07) is 0. The predicted octanol–water partition coefficient (Wildman–Crippen LogP) is 2.93. The third-order valence-corrected chi connectivity index (χ3v) is 11.4. The Kier molecular flexibility index (Phi) is 3.43. The van der Waals surface area contributed by atoms with Crippen LogP contribution in [0.5, 0.6) is 0 Å². The molecule has 0 bridgehead atoms. The van der Waals surface area contributed by atoms with Gasteiger partial charge in [0.1, 0.15) is 5.78 Å². The lowest BCUT2D eigenvalue weighted by molar-refractivity contribution is -0.223. The number of ketones is 1. The van der Waals surface area contributed by atoms with Crippen LogP contribution in [0.2, 0.25) is 0 Å². The first-order valence-electron chi connectivity index (χ1n) is 11.8. The maximum Gasteiger partial charge on any atom is 0.135 e. The van der Waals surface area contributed by atoms with Crippen LogP contribution in [0, 0.1) is 52.3 Å². The van der Waals surface area contributed by atoms with E-state index in [-0.39, 0.29) is 23.2 Å². The molecule has 0 heterocycles. The topological polar surface area (TPSA) is 77.8 Å². The summed E-state index contributed by atoms with van der Waals surface area (Å²) in [5.74, 6) is 3.84. The molecule has 6 aliphatic carbocycles. The Hall–Kier alpha value is -0.450. The van der Waals surface area contributed by atoms with E-state index in [0.29, 0.717) is 60.7 Å². The minimum Gasteiger partial charge on any atom is -0.396 e. The highest BCUT2D eigenvalue weighted by Crippen LogP contribution is 2.81. The first-order valence-corrected chi connectivity index (χ1v) is 11.8. The number of fused-ring (bicyclic) bond motifs is 10. The van der Waals surface area contributed by atoms with Crippen molar-refractivity contribution in [3.63, 3.8) is 0 Å². The van der Waals surface area contributed by atoms with Gasteiger partial charge in [-0.2, -0.15) is 0 Å². The standard InChI is InChI=1S/C24H36O4/c1-21-7-4-13(26)12-24(21,28)17-10-14(17)19-16(21)5-8-22(2)20(19)15-11-18(15)23(22,27)6-3-9-25/h14-20,25,27-28H,3-12H2,1-2H3/t14-,15+,16?,17?,18-,19?,20?,21+,22-,23-,24+/m0/s1. The Balaban J connectivity index is 1.39. The normalized spacial score (nSPS) is 63.6. The highest BCUT2D eigenvalue weighted by Gasteiger charge is 2.81. The largest absolute Gasteiger partial charge is 0.396 e. The van der Waals surface area contributed by atoms with E-state index in [4.69, 9.17) is 0 Å². The zero-order valence-corrected chi connectivity index (χ0v) is 17.4.